The molecule has 130 valence electrons. The molecule has 0 radical (unpaired) electrons. The van der Waals surface area contributed by atoms with Gasteiger partial charge in [-0.1, -0.05) is 42.5 Å². The van der Waals surface area contributed by atoms with E-state index in [9.17, 15) is 9.59 Å². The highest BCUT2D eigenvalue weighted by molar-refractivity contribution is 9.10. The fraction of sp³-hybridized carbons (Fsp3) is 0.143. The van der Waals surface area contributed by atoms with Crippen LogP contribution in [0.15, 0.2) is 71.2 Å². The number of hydrogen-bond donors (Lipinski definition) is 1. The summed E-state index contributed by atoms with van der Waals surface area (Å²) in [5.41, 5.74) is 2.95. The van der Waals surface area contributed by atoms with Crippen LogP contribution in [0, 0.1) is 0 Å². The lowest BCUT2D eigenvalue weighted by Gasteiger charge is -2.12. The van der Waals surface area contributed by atoms with E-state index in [0.717, 1.165) is 15.9 Å². The molecule has 26 heavy (non-hydrogen) atoms. The van der Waals surface area contributed by atoms with Crippen molar-refractivity contribution in [1.82, 2.24) is 4.57 Å². The zero-order chi connectivity index (χ0) is 18.1. The lowest BCUT2D eigenvalue weighted by Crippen LogP contribution is -2.19. The molecule has 0 unspecified atom stereocenters. The predicted molar refractivity (Wildman–Crippen MR) is 104 cm³/mol. The maximum atomic E-state index is 12.8. The average Bonchev–Trinajstić information content (AvgIpc) is 3.25. The van der Waals surface area contributed by atoms with Crippen molar-refractivity contribution in [2.24, 2.45) is 0 Å². The van der Waals surface area contributed by atoms with Gasteiger partial charge in [-0.2, -0.15) is 0 Å². The maximum absolute atomic E-state index is 12.8. The Labute approximate surface area is 160 Å². The topological polar surface area (TPSA) is 51.1 Å². The molecule has 5 heteroatoms. The molecule has 4 rings (SSSR count). The summed E-state index contributed by atoms with van der Waals surface area (Å²) >= 11 is 3.45. The van der Waals surface area contributed by atoms with E-state index in [1.165, 1.54) is 0 Å². The molecule has 0 saturated heterocycles. The molecule has 2 aromatic carbocycles. The van der Waals surface area contributed by atoms with E-state index in [1.54, 1.807) is 0 Å². The van der Waals surface area contributed by atoms with E-state index in [0.29, 0.717) is 24.2 Å². The number of carbonyl (C=O) groups is 2. The van der Waals surface area contributed by atoms with Gasteiger partial charge in [-0.15, -0.1) is 0 Å². The smallest absolute Gasteiger partial charge is 0.233 e. The number of nitrogens with one attached hydrogen (secondary N) is 1. The Bertz CT molecular complexity index is 979. The number of benzene rings is 2. The van der Waals surface area contributed by atoms with E-state index in [-0.39, 0.29) is 17.6 Å². The summed E-state index contributed by atoms with van der Waals surface area (Å²) < 4.78 is 2.82. The number of anilines is 1. The summed E-state index contributed by atoms with van der Waals surface area (Å²) in [6, 6.07) is 20.5. The van der Waals surface area contributed by atoms with Crippen molar-refractivity contribution in [3.8, 4) is 0 Å². The first-order chi connectivity index (χ1) is 12.6. The lowest BCUT2D eigenvalue weighted by molar-refractivity contribution is -0.117. The van der Waals surface area contributed by atoms with E-state index in [4.69, 9.17) is 0 Å². The van der Waals surface area contributed by atoms with Crippen LogP contribution >= 0.6 is 15.9 Å². The molecule has 0 saturated carbocycles. The Kier molecular flexibility index (Phi) is 4.47. The number of halogens is 1. The monoisotopic (exact) mass is 408 g/mol. The molecule has 4 nitrogen and oxygen atoms in total. The van der Waals surface area contributed by atoms with Gasteiger partial charge in [0.2, 0.25) is 11.7 Å². The summed E-state index contributed by atoms with van der Waals surface area (Å²) in [6.45, 7) is 0.671. The number of para-hydroxylation sites is 1. The van der Waals surface area contributed by atoms with Crippen molar-refractivity contribution >= 4 is 33.3 Å². The first-order valence-electron chi connectivity index (χ1n) is 8.49. The quantitative estimate of drug-likeness (QED) is 0.640. The van der Waals surface area contributed by atoms with Crippen molar-refractivity contribution in [1.29, 1.82) is 0 Å². The van der Waals surface area contributed by atoms with Crippen LogP contribution in [0.1, 0.15) is 34.1 Å². The largest absolute Gasteiger partial charge is 0.341 e. The van der Waals surface area contributed by atoms with Crippen molar-refractivity contribution < 1.29 is 9.59 Å². The number of amides is 1. The molecule has 0 fully saturated rings. The molecule has 1 amide bonds. The predicted octanol–water partition coefficient (Wildman–Crippen LogP) is 4.61. The van der Waals surface area contributed by atoms with Crippen molar-refractivity contribution in [2.45, 2.75) is 18.9 Å². The van der Waals surface area contributed by atoms with Gasteiger partial charge in [-0.25, -0.2) is 0 Å². The molecule has 0 spiro atoms. The van der Waals surface area contributed by atoms with Gasteiger partial charge in [-0.3, -0.25) is 9.59 Å². The van der Waals surface area contributed by atoms with Crippen LogP contribution in [0.3, 0.4) is 0 Å². The van der Waals surface area contributed by atoms with Crippen LogP contribution in [0.25, 0.3) is 0 Å². The van der Waals surface area contributed by atoms with Crippen LogP contribution in [-0.4, -0.2) is 16.3 Å². The molecule has 1 aliphatic rings. The first-order valence-corrected chi connectivity index (χ1v) is 9.29. The minimum absolute atomic E-state index is 0.0105. The Morgan fingerprint density at radius 2 is 1.69 bits per heavy atom. The van der Waals surface area contributed by atoms with Crippen LogP contribution in [0.4, 0.5) is 5.69 Å². The van der Waals surface area contributed by atoms with Crippen LogP contribution in [-0.2, 0) is 11.3 Å². The second kappa shape index (κ2) is 6.92. The van der Waals surface area contributed by atoms with E-state index in [1.807, 2.05) is 71.3 Å². The number of hydrogen-bond acceptors (Lipinski definition) is 2. The molecule has 1 aliphatic heterocycles. The van der Waals surface area contributed by atoms with Crippen molar-refractivity contribution in [3.05, 3.63) is 88.2 Å². The number of nitrogens with zero attached hydrogens (tertiary/aromatic N) is 1. The summed E-state index contributed by atoms with van der Waals surface area (Å²) in [6.07, 6.45) is 0.696. The van der Waals surface area contributed by atoms with Gasteiger partial charge in [-0.05, 0) is 46.6 Å². The zero-order valence-electron chi connectivity index (χ0n) is 14.0. The standard InChI is InChI=1S/C21H17BrN2O2/c22-16-8-4-5-9-17(16)23-21(26)15-12-13-24-18(15)10-11-19(24)20(25)14-6-2-1-3-7-14/h1-11,15H,12-13H2,(H,23,26)/t15-/m1/s1. The minimum atomic E-state index is -0.251. The molecule has 3 aromatic rings. The maximum Gasteiger partial charge on any atom is 0.233 e. The molecule has 1 atom stereocenters. The Hall–Kier alpha value is -2.66. The normalized spacial score (nSPS) is 15.5. The molecular formula is C21H17BrN2O2. The van der Waals surface area contributed by atoms with Gasteiger partial charge < -0.3 is 9.88 Å². The zero-order valence-corrected chi connectivity index (χ0v) is 15.6. The third kappa shape index (κ3) is 2.99. The highest BCUT2D eigenvalue weighted by atomic mass is 79.9. The van der Waals surface area contributed by atoms with Gasteiger partial charge in [0.25, 0.3) is 0 Å². The van der Waals surface area contributed by atoms with E-state index < -0.39 is 0 Å². The van der Waals surface area contributed by atoms with Crippen molar-refractivity contribution in [3.63, 3.8) is 0 Å². The third-order valence-corrected chi connectivity index (χ3v) is 5.42. The highest BCUT2D eigenvalue weighted by Gasteiger charge is 2.32. The minimum Gasteiger partial charge on any atom is -0.341 e. The number of fused-ring (bicyclic) bond motifs is 1. The Morgan fingerprint density at radius 1 is 0.962 bits per heavy atom. The van der Waals surface area contributed by atoms with Gasteiger partial charge >= 0.3 is 0 Å². The van der Waals surface area contributed by atoms with E-state index in [2.05, 4.69) is 21.2 Å². The van der Waals surface area contributed by atoms with Crippen LogP contribution < -0.4 is 5.32 Å². The van der Waals surface area contributed by atoms with Crippen LogP contribution in [0.2, 0.25) is 0 Å². The Balaban J connectivity index is 1.58. The third-order valence-electron chi connectivity index (χ3n) is 4.73. The fourth-order valence-electron chi connectivity index (χ4n) is 3.43. The molecule has 2 heterocycles. The molecule has 1 aromatic heterocycles. The number of rotatable bonds is 4. The van der Waals surface area contributed by atoms with Gasteiger partial charge in [0.05, 0.1) is 17.3 Å². The second-order valence-electron chi connectivity index (χ2n) is 6.30. The van der Waals surface area contributed by atoms with Gasteiger partial charge in [0.1, 0.15) is 0 Å². The number of carbonyl (C=O) groups excluding carboxylic acids is 2. The fourth-order valence-corrected chi connectivity index (χ4v) is 3.81. The van der Waals surface area contributed by atoms with Gasteiger partial charge in [0.15, 0.2) is 0 Å². The first kappa shape index (κ1) is 16.8. The van der Waals surface area contributed by atoms with Crippen molar-refractivity contribution in [2.75, 3.05) is 5.32 Å². The molecule has 0 aliphatic carbocycles. The molecule has 0 bridgehead atoms. The SMILES string of the molecule is O=C(c1ccccc1)c1ccc2n1CC[C@H]2C(=O)Nc1ccccc1Br. The lowest BCUT2D eigenvalue weighted by atomic mass is 10.0. The highest BCUT2D eigenvalue weighted by Crippen LogP contribution is 2.33. The summed E-state index contributed by atoms with van der Waals surface area (Å²) in [7, 11) is 0. The Morgan fingerprint density at radius 3 is 2.46 bits per heavy atom. The molecule has 1 N–H and O–H groups in total. The summed E-state index contributed by atoms with van der Waals surface area (Å²) in [4.78, 5) is 25.5. The summed E-state index contributed by atoms with van der Waals surface area (Å²) in [5, 5.41) is 2.98. The average molecular weight is 409 g/mol. The van der Waals surface area contributed by atoms with Crippen LogP contribution in [0.5, 0.6) is 0 Å². The number of ketones is 1. The second-order valence-corrected chi connectivity index (χ2v) is 7.15. The van der Waals surface area contributed by atoms with Gasteiger partial charge in [0, 0.05) is 22.3 Å². The number of aromatic nitrogens is 1. The summed E-state index contributed by atoms with van der Waals surface area (Å²) in [5.74, 6) is -0.310. The molecular weight excluding hydrogens is 392 g/mol. The van der Waals surface area contributed by atoms with E-state index >= 15 is 0 Å².